The third kappa shape index (κ3) is 4.70. The number of nitrogens with one attached hydrogen (secondary N) is 2. The summed E-state index contributed by atoms with van der Waals surface area (Å²) >= 11 is 1.63. The van der Waals surface area contributed by atoms with Crippen molar-refractivity contribution in [1.82, 2.24) is 5.43 Å². The van der Waals surface area contributed by atoms with Crippen LogP contribution in [0.15, 0.2) is 59.5 Å². The van der Waals surface area contributed by atoms with Crippen molar-refractivity contribution in [3.05, 3.63) is 54.6 Å². The van der Waals surface area contributed by atoms with Crippen LogP contribution < -0.4 is 15.8 Å². The highest BCUT2D eigenvalue weighted by Gasteiger charge is 2.33. The van der Waals surface area contributed by atoms with Crippen LogP contribution in [0.2, 0.25) is 0 Å². The number of rotatable bonds is 5. The standard InChI is InChI=1S/C18H21N3O3S2/c1-25-17-9-7-14(8-10-17)19-18(22)20-21(15-5-3-2-4-6-15)16-11-12-26(23,24)13-16/h2-10,16H,11-13H2,1H3,(H2,19,20,22)/t16-/m0/s1. The minimum atomic E-state index is -3.07. The Morgan fingerprint density at radius 3 is 2.38 bits per heavy atom. The van der Waals surface area contributed by atoms with Gasteiger partial charge in [-0.05, 0) is 49.1 Å². The van der Waals surface area contributed by atoms with Gasteiger partial charge in [0.2, 0.25) is 0 Å². The normalized spacial score (nSPS) is 18.3. The number of sulfone groups is 1. The second-order valence-corrected chi connectivity index (χ2v) is 9.17. The number of carbonyl (C=O) groups is 1. The molecule has 0 aliphatic carbocycles. The lowest BCUT2D eigenvalue weighted by molar-refractivity contribution is 0.250. The molecule has 138 valence electrons. The van der Waals surface area contributed by atoms with Gasteiger partial charge in [-0.2, -0.15) is 0 Å². The lowest BCUT2D eigenvalue weighted by Gasteiger charge is -2.30. The number of amides is 2. The Bertz CT molecular complexity index is 855. The Hall–Kier alpha value is -2.19. The molecule has 1 heterocycles. The summed E-state index contributed by atoms with van der Waals surface area (Å²) in [5.74, 6) is 0.172. The molecule has 0 radical (unpaired) electrons. The van der Waals surface area contributed by atoms with Gasteiger partial charge in [-0.25, -0.2) is 18.6 Å². The largest absolute Gasteiger partial charge is 0.338 e. The van der Waals surface area contributed by atoms with E-state index in [1.807, 2.05) is 60.9 Å². The molecule has 1 aliphatic heterocycles. The molecule has 1 fully saturated rings. The molecule has 0 aromatic heterocycles. The van der Waals surface area contributed by atoms with E-state index in [0.29, 0.717) is 12.1 Å². The summed E-state index contributed by atoms with van der Waals surface area (Å²) in [6, 6.07) is 16.1. The van der Waals surface area contributed by atoms with Crippen molar-refractivity contribution in [3.8, 4) is 0 Å². The van der Waals surface area contributed by atoms with E-state index in [2.05, 4.69) is 10.7 Å². The topological polar surface area (TPSA) is 78.5 Å². The van der Waals surface area contributed by atoms with Crippen LogP contribution in [0.25, 0.3) is 0 Å². The predicted molar refractivity (Wildman–Crippen MR) is 106 cm³/mol. The molecule has 2 N–H and O–H groups in total. The molecule has 0 unspecified atom stereocenters. The van der Waals surface area contributed by atoms with Gasteiger partial charge in [-0.3, -0.25) is 5.01 Å². The van der Waals surface area contributed by atoms with Gasteiger partial charge < -0.3 is 5.32 Å². The highest BCUT2D eigenvalue weighted by Crippen LogP contribution is 2.23. The molecule has 2 amide bonds. The lowest BCUT2D eigenvalue weighted by Crippen LogP contribution is -2.51. The number of anilines is 2. The number of para-hydroxylation sites is 1. The molecule has 0 saturated carbocycles. The van der Waals surface area contributed by atoms with Crippen LogP contribution in [0.3, 0.4) is 0 Å². The summed E-state index contributed by atoms with van der Waals surface area (Å²) in [6.07, 6.45) is 2.47. The van der Waals surface area contributed by atoms with Crippen molar-refractivity contribution in [2.45, 2.75) is 17.4 Å². The maximum atomic E-state index is 12.5. The number of thioether (sulfide) groups is 1. The summed E-state index contributed by atoms with van der Waals surface area (Å²) in [5.41, 5.74) is 4.23. The first-order chi connectivity index (χ1) is 12.5. The van der Waals surface area contributed by atoms with E-state index >= 15 is 0 Å². The Balaban J connectivity index is 1.73. The molecule has 0 spiro atoms. The van der Waals surface area contributed by atoms with Gasteiger partial charge in [-0.15, -0.1) is 11.8 Å². The number of nitrogens with zero attached hydrogens (tertiary/aromatic N) is 1. The average molecular weight is 392 g/mol. The fourth-order valence-electron chi connectivity index (χ4n) is 2.88. The van der Waals surface area contributed by atoms with E-state index in [1.165, 1.54) is 0 Å². The summed E-state index contributed by atoms with van der Waals surface area (Å²) in [7, 11) is -3.07. The van der Waals surface area contributed by atoms with Crippen LogP contribution in [-0.4, -0.2) is 38.3 Å². The zero-order valence-corrected chi connectivity index (χ0v) is 16.0. The number of hydrogen-bond donors (Lipinski definition) is 2. The Kier molecular flexibility index (Phi) is 5.73. The van der Waals surface area contributed by atoms with Gasteiger partial charge in [-0.1, -0.05) is 18.2 Å². The number of hydrogen-bond acceptors (Lipinski definition) is 5. The van der Waals surface area contributed by atoms with Gasteiger partial charge >= 0.3 is 6.03 Å². The van der Waals surface area contributed by atoms with Gasteiger partial charge in [0.15, 0.2) is 9.84 Å². The molecule has 8 heteroatoms. The monoisotopic (exact) mass is 391 g/mol. The van der Waals surface area contributed by atoms with Crippen molar-refractivity contribution in [1.29, 1.82) is 0 Å². The van der Waals surface area contributed by atoms with Gasteiger partial charge in [0, 0.05) is 10.6 Å². The van der Waals surface area contributed by atoms with Crippen LogP contribution in [0.1, 0.15) is 6.42 Å². The first-order valence-electron chi connectivity index (χ1n) is 8.23. The van der Waals surface area contributed by atoms with E-state index in [9.17, 15) is 13.2 Å². The van der Waals surface area contributed by atoms with E-state index in [4.69, 9.17) is 0 Å². The third-order valence-corrected chi connectivity index (χ3v) is 6.67. The number of carbonyl (C=O) groups excluding carboxylic acids is 1. The number of benzene rings is 2. The quantitative estimate of drug-likeness (QED) is 0.605. The van der Waals surface area contributed by atoms with Gasteiger partial charge in [0.25, 0.3) is 0 Å². The SMILES string of the molecule is CSc1ccc(NC(=O)NN(c2ccccc2)[C@H]2CCS(=O)(=O)C2)cc1. The minimum Gasteiger partial charge on any atom is -0.307 e. The predicted octanol–water partition coefficient (Wildman–Crippen LogP) is 3.14. The lowest BCUT2D eigenvalue weighted by atomic mass is 10.2. The number of urea groups is 1. The minimum absolute atomic E-state index is 0.0323. The molecule has 3 rings (SSSR count). The molecular weight excluding hydrogens is 370 g/mol. The van der Waals surface area contributed by atoms with Gasteiger partial charge in [0.05, 0.1) is 23.2 Å². The van der Waals surface area contributed by atoms with E-state index < -0.39 is 15.9 Å². The second kappa shape index (κ2) is 8.01. The van der Waals surface area contributed by atoms with Crippen LogP contribution in [0, 0.1) is 0 Å². The molecule has 6 nitrogen and oxygen atoms in total. The fourth-order valence-corrected chi connectivity index (χ4v) is 4.99. The molecule has 1 saturated heterocycles. The van der Waals surface area contributed by atoms with Crippen molar-refractivity contribution in [2.75, 3.05) is 28.1 Å². The molecule has 1 aliphatic rings. The second-order valence-electron chi connectivity index (χ2n) is 6.06. The average Bonchev–Trinajstić information content (AvgIpc) is 3.00. The smallest absolute Gasteiger partial charge is 0.307 e. The molecule has 26 heavy (non-hydrogen) atoms. The summed E-state index contributed by atoms with van der Waals surface area (Å²) in [6.45, 7) is 0. The van der Waals surface area contributed by atoms with E-state index in [0.717, 1.165) is 10.6 Å². The fraction of sp³-hybridized carbons (Fsp3) is 0.278. The first-order valence-corrected chi connectivity index (χ1v) is 11.3. The molecule has 0 bridgehead atoms. The van der Waals surface area contributed by atoms with Crippen LogP contribution in [-0.2, 0) is 9.84 Å². The maximum absolute atomic E-state index is 12.5. The van der Waals surface area contributed by atoms with Crippen molar-refractivity contribution in [3.63, 3.8) is 0 Å². The highest BCUT2D eigenvalue weighted by molar-refractivity contribution is 7.98. The Morgan fingerprint density at radius 1 is 1.12 bits per heavy atom. The number of hydrazine groups is 1. The van der Waals surface area contributed by atoms with Crippen LogP contribution in [0.4, 0.5) is 16.2 Å². The summed E-state index contributed by atoms with van der Waals surface area (Å²) in [5, 5.41) is 4.44. The van der Waals surface area contributed by atoms with E-state index in [1.54, 1.807) is 16.8 Å². The molecular formula is C18H21N3O3S2. The Morgan fingerprint density at radius 2 is 1.81 bits per heavy atom. The first kappa shape index (κ1) is 18.6. The summed E-state index contributed by atoms with van der Waals surface area (Å²) < 4.78 is 23.7. The van der Waals surface area contributed by atoms with Crippen molar-refractivity contribution < 1.29 is 13.2 Å². The maximum Gasteiger partial charge on any atom is 0.338 e. The molecule has 1 atom stereocenters. The van der Waals surface area contributed by atoms with Crippen LogP contribution >= 0.6 is 11.8 Å². The zero-order valence-electron chi connectivity index (χ0n) is 14.4. The van der Waals surface area contributed by atoms with Gasteiger partial charge in [0.1, 0.15) is 0 Å². The van der Waals surface area contributed by atoms with Crippen molar-refractivity contribution >= 4 is 39.0 Å². The zero-order chi connectivity index (χ0) is 18.6. The highest BCUT2D eigenvalue weighted by atomic mass is 32.2. The third-order valence-electron chi connectivity index (χ3n) is 4.18. The molecule has 2 aromatic rings. The van der Waals surface area contributed by atoms with E-state index in [-0.39, 0.29) is 17.5 Å². The van der Waals surface area contributed by atoms with Crippen LogP contribution in [0.5, 0.6) is 0 Å². The summed E-state index contributed by atoms with van der Waals surface area (Å²) in [4.78, 5) is 13.6. The van der Waals surface area contributed by atoms with Crippen molar-refractivity contribution in [2.24, 2.45) is 0 Å². The molecule has 2 aromatic carbocycles. The Labute approximate surface area is 157 Å².